The molecular weight excluding hydrogens is 296 g/mol. The van der Waals surface area contributed by atoms with Crippen LogP contribution in [0, 0.1) is 0 Å². The molecule has 2 N–H and O–H groups in total. The van der Waals surface area contributed by atoms with E-state index in [0.29, 0.717) is 6.54 Å². The summed E-state index contributed by atoms with van der Waals surface area (Å²) in [5.41, 5.74) is -0.106. The topological polar surface area (TPSA) is 106 Å². The molecular formula is C12H16N4O4S. The second kappa shape index (κ2) is 6.55. The van der Waals surface area contributed by atoms with E-state index in [9.17, 15) is 13.2 Å². The van der Waals surface area contributed by atoms with Crippen LogP contribution in [-0.4, -0.2) is 42.3 Å². The van der Waals surface area contributed by atoms with Crippen molar-refractivity contribution >= 4 is 16.0 Å². The lowest BCUT2D eigenvalue weighted by Crippen LogP contribution is -2.29. The molecule has 0 saturated heterocycles. The van der Waals surface area contributed by atoms with Crippen LogP contribution in [0.5, 0.6) is 0 Å². The zero-order valence-corrected chi connectivity index (χ0v) is 12.3. The SMILES string of the molecule is CCOC(=O)c1cn[nH]c1S(=O)(=O)NCCn1cccc1. The molecule has 2 heterocycles. The van der Waals surface area contributed by atoms with Gasteiger partial charge >= 0.3 is 5.97 Å². The van der Waals surface area contributed by atoms with E-state index in [0.717, 1.165) is 6.20 Å². The highest BCUT2D eigenvalue weighted by atomic mass is 32.2. The number of H-pyrrole nitrogens is 1. The number of hydrogen-bond acceptors (Lipinski definition) is 5. The fourth-order valence-corrected chi connectivity index (χ4v) is 2.84. The molecule has 0 aliphatic heterocycles. The van der Waals surface area contributed by atoms with E-state index in [-0.39, 0.29) is 23.7 Å². The third-order valence-electron chi connectivity index (χ3n) is 2.70. The molecule has 2 aromatic heterocycles. The number of ether oxygens (including phenoxy) is 1. The number of rotatable bonds is 7. The average Bonchev–Trinajstić information content (AvgIpc) is 3.10. The van der Waals surface area contributed by atoms with Crippen LogP contribution in [-0.2, 0) is 21.3 Å². The van der Waals surface area contributed by atoms with Crippen LogP contribution in [0.4, 0.5) is 0 Å². The monoisotopic (exact) mass is 312 g/mol. The van der Waals surface area contributed by atoms with Crippen LogP contribution >= 0.6 is 0 Å². The summed E-state index contributed by atoms with van der Waals surface area (Å²) in [5.74, 6) is -0.725. The molecule has 0 atom stereocenters. The molecule has 2 rings (SSSR count). The Bertz CT molecular complexity index is 691. The Morgan fingerprint density at radius 1 is 1.43 bits per heavy atom. The Labute approximate surface area is 122 Å². The van der Waals surface area contributed by atoms with Crippen molar-refractivity contribution in [1.29, 1.82) is 0 Å². The summed E-state index contributed by atoms with van der Waals surface area (Å²) in [6.07, 6.45) is 4.79. The van der Waals surface area contributed by atoms with E-state index >= 15 is 0 Å². The highest BCUT2D eigenvalue weighted by molar-refractivity contribution is 7.89. The van der Waals surface area contributed by atoms with E-state index in [4.69, 9.17) is 4.74 Å². The number of carbonyl (C=O) groups is 1. The van der Waals surface area contributed by atoms with Crippen molar-refractivity contribution in [3.63, 3.8) is 0 Å². The van der Waals surface area contributed by atoms with Crippen LogP contribution in [0.1, 0.15) is 17.3 Å². The van der Waals surface area contributed by atoms with Crippen LogP contribution < -0.4 is 4.72 Å². The first-order chi connectivity index (χ1) is 10.0. The molecule has 114 valence electrons. The molecule has 0 fully saturated rings. The number of carbonyl (C=O) groups excluding carboxylic acids is 1. The van der Waals surface area contributed by atoms with Gasteiger partial charge in [-0.3, -0.25) is 5.10 Å². The smallest absolute Gasteiger partial charge is 0.342 e. The number of esters is 1. The Balaban J connectivity index is 2.05. The number of sulfonamides is 1. The van der Waals surface area contributed by atoms with Gasteiger partial charge in [0.1, 0.15) is 5.56 Å². The van der Waals surface area contributed by atoms with Crippen molar-refractivity contribution in [3.05, 3.63) is 36.3 Å². The summed E-state index contributed by atoms with van der Waals surface area (Å²) in [4.78, 5) is 11.7. The van der Waals surface area contributed by atoms with Gasteiger partial charge in [0.15, 0.2) is 5.03 Å². The summed E-state index contributed by atoms with van der Waals surface area (Å²) in [5, 5.41) is 5.64. The van der Waals surface area contributed by atoms with Crippen molar-refractivity contribution in [2.24, 2.45) is 0 Å². The van der Waals surface area contributed by atoms with Gasteiger partial charge in [-0.2, -0.15) is 5.10 Å². The molecule has 0 aliphatic rings. The molecule has 9 heteroatoms. The molecule has 0 radical (unpaired) electrons. The van der Waals surface area contributed by atoms with Crippen molar-refractivity contribution in [2.45, 2.75) is 18.5 Å². The normalized spacial score (nSPS) is 11.5. The maximum atomic E-state index is 12.2. The van der Waals surface area contributed by atoms with Crippen LogP contribution in [0.15, 0.2) is 35.7 Å². The zero-order chi connectivity index (χ0) is 15.3. The lowest BCUT2D eigenvalue weighted by molar-refractivity contribution is 0.0522. The second-order valence-electron chi connectivity index (χ2n) is 4.15. The minimum Gasteiger partial charge on any atom is -0.462 e. The predicted molar refractivity (Wildman–Crippen MR) is 74.2 cm³/mol. The molecule has 0 saturated carbocycles. The Kier molecular flexibility index (Phi) is 4.76. The second-order valence-corrected chi connectivity index (χ2v) is 5.86. The van der Waals surface area contributed by atoms with Gasteiger partial charge in [-0.25, -0.2) is 17.9 Å². The molecule has 0 aromatic carbocycles. The summed E-state index contributed by atoms with van der Waals surface area (Å²) in [6, 6.07) is 3.70. The third kappa shape index (κ3) is 3.70. The van der Waals surface area contributed by atoms with E-state index in [1.807, 2.05) is 29.1 Å². The van der Waals surface area contributed by atoms with Gasteiger partial charge in [0.25, 0.3) is 10.0 Å². The molecule has 8 nitrogen and oxygen atoms in total. The van der Waals surface area contributed by atoms with Gasteiger partial charge in [-0.15, -0.1) is 0 Å². The molecule has 0 amide bonds. The predicted octanol–water partition coefficient (Wildman–Crippen LogP) is 0.366. The highest BCUT2D eigenvalue weighted by Gasteiger charge is 2.25. The fourth-order valence-electron chi connectivity index (χ4n) is 1.73. The minimum absolute atomic E-state index is 0.106. The number of nitrogens with one attached hydrogen (secondary N) is 2. The summed E-state index contributed by atoms with van der Waals surface area (Å²) < 4.78 is 33.3. The fraction of sp³-hybridized carbons (Fsp3) is 0.333. The lowest BCUT2D eigenvalue weighted by Gasteiger charge is -2.07. The number of hydrogen-bond donors (Lipinski definition) is 2. The Morgan fingerprint density at radius 2 is 2.14 bits per heavy atom. The number of nitrogens with zero attached hydrogens (tertiary/aromatic N) is 2. The number of aromatic amines is 1. The van der Waals surface area contributed by atoms with Crippen molar-refractivity contribution in [3.8, 4) is 0 Å². The molecule has 0 aliphatic carbocycles. The van der Waals surface area contributed by atoms with Gasteiger partial charge in [-0.1, -0.05) is 0 Å². The molecule has 2 aromatic rings. The van der Waals surface area contributed by atoms with Crippen molar-refractivity contribution in [2.75, 3.05) is 13.2 Å². The van der Waals surface area contributed by atoms with Gasteiger partial charge in [0.05, 0.1) is 12.8 Å². The van der Waals surface area contributed by atoms with Gasteiger partial charge in [-0.05, 0) is 19.1 Å². The highest BCUT2D eigenvalue weighted by Crippen LogP contribution is 2.12. The van der Waals surface area contributed by atoms with E-state index in [1.165, 1.54) is 0 Å². The number of aromatic nitrogens is 3. The molecule has 0 bridgehead atoms. The maximum Gasteiger partial charge on any atom is 0.342 e. The van der Waals surface area contributed by atoms with Gasteiger partial charge < -0.3 is 9.30 Å². The Morgan fingerprint density at radius 3 is 2.81 bits per heavy atom. The first-order valence-corrected chi connectivity index (χ1v) is 7.84. The quantitative estimate of drug-likeness (QED) is 0.718. The third-order valence-corrected chi connectivity index (χ3v) is 4.13. The van der Waals surface area contributed by atoms with Crippen LogP contribution in [0.2, 0.25) is 0 Å². The maximum absolute atomic E-state index is 12.2. The summed E-state index contributed by atoms with van der Waals surface area (Å²) in [6.45, 7) is 2.47. The summed E-state index contributed by atoms with van der Waals surface area (Å²) >= 11 is 0. The van der Waals surface area contributed by atoms with E-state index < -0.39 is 16.0 Å². The van der Waals surface area contributed by atoms with Gasteiger partial charge in [0.2, 0.25) is 0 Å². The van der Waals surface area contributed by atoms with Crippen LogP contribution in [0.3, 0.4) is 0 Å². The van der Waals surface area contributed by atoms with Crippen molar-refractivity contribution in [1.82, 2.24) is 19.5 Å². The first kappa shape index (κ1) is 15.3. The molecule has 0 spiro atoms. The first-order valence-electron chi connectivity index (χ1n) is 6.35. The summed E-state index contributed by atoms with van der Waals surface area (Å²) in [7, 11) is -3.85. The minimum atomic E-state index is -3.85. The van der Waals surface area contributed by atoms with Crippen molar-refractivity contribution < 1.29 is 17.9 Å². The molecule has 21 heavy (non-hydrogen) atoms. The average molecular weight is 312 g/mol. The molecule has 0 unspecified atom stereocenters. The largest absolute Gasteiger partial charge is 0.462 e. The standard InChI is InChI=1S/C12H16N4O4S/c1-2-20-12(17)10-9-13-15-11(10)21(18,19)14-5-8-16-6-3-4-7-16/h3-4,6-7,9,14H,2,5,8H2,1H3,(H,13,15). The van der Waals surface area contributed by atoms with E-state index in [1.54, 1.807) is 6.92 Å². The zero-order valence-electron chi connectivity index (χ0n) is 11.4. The van der Waals surface area contributed by atoms with Crippen LogP contribution in [0.25, 0.3) is 0 Å². The van der Waals surface area contributed by atoms with Gasteiger partial charge in [0, 0.05) is 25.5 Å². The van der Waals surface area contributed by atoms with E-state index in [2.05, 4.69) is 14.9 Å². The lowest BCUT2D eigenvalue weighted by atomic mass is 10.4. The Hall–Kier alpha value is -2.13.